The maximum absolute atomic E-state index is 12.9. The number of carbonyl (C=O) groups excluding carboxylic acids is 1. The van der Waals surface area contributed by atoms with Crippen molar-refractivity contribution in [1.29, 1.82) is 0 Å². The van der Waals surface area contributed by atoms with Gasteiger partial charge in [-0.25, -0.2) is 0 Å². The van der Waals surface area contributed by atoms with Crippen LogP contribution in [0.2, 0.25) is 5.02 Å². The Labute approximate surface area is 163 Å². The zero-order chi connectivity index (χ0) is 20.3. The molecule has 28 heavy (non-hydrogen) atoms. The first-order chi connectivity index (χ1) is 13.2. The Morgan fingerprint density at radius 3 is 2.68 bits per heavy atom. The first-order valence-electron chi connectivity index (χ1n) is 8.29. The van der Waals surface area contributed by atoms with Crippen LogP contribution in [0.3, 0.4) is 0 Å². The van der Waals surface area contributed by atoms with E-state index in [-0.39, 0.29) is 24.4 Å². The SMILES string of the molecule is Cc1ccccc1-c1noc(CCC(=O)Nc2ccc(Cl)c(C(F)(F)F)c2)n1. The number of nitrogens with zero attached hydrogens (tertiary/aromatic N) is 2. The van der Waals surface area contributed by atoms with Crippen molar-refractivity contribution in [2.45, 2.75) is 25.9 Å². The Bertz CT molecular complexity index is 1000. The first kappa shape index (κ1) is 19.9. The smallest absolute Gasteiger partial charge is 0.339 e. The van der Waals surface area contributed by atoms with Gasteiger partial charge >= 0.3 is 6.18 Å². The number of carbonyl (C=O) groups is 1. The molecule has 0 atom stereocenters. The van der Waals surface area contributed by atoms with E-state index >= 15 is 0 Å². The quantitative estimate of drug-likeness (QED) is 0.621. The van der Waals surface area contributed by atoms with Gasteiger partial charge in [-0.05, 0) is 30.7 Å². The monoisotopic (exact) mass is 409 g/mol. The number of hydrogen-bond donors (Lipinski definition) is 1. The van der Waals surface area contributed by atoms with Crippen LogP contribution in [0.25, 0.3) is 11.4 Å². The zero-order valence-corrected chi connectivity index (χ0v) is 15.4. The molecule has 0 saturated heterocycles. The molecule has 0 aliphatic rings. The minimum absolute atomic E-state index is 0.00727. The second kappa shape index (κ2) is 8.02. The number of alkyl halides is 3. The summed E-state index contributed by atoms with van der Waals surface area (Å²) < 4.78 is 43.8. The Balaban J connectivity index is 1.62. The van der Waals surface area contributed by atoms with E-state index in [0.717, 1.165) is 23.3 Å². The summed E-state index contributed by atoms with van der Waals surface area (Å²) >= 11 is 5.56. The van der Waals surface area contributed by atoms with E-state index in [1.165, 1.54) is 6.07 Å². The highest BCUT2D eigenvalue weighted by Gasteiger charge is 2.33. The van der Waals surface area contributed by atoms with Gasteiger partial charge < -0.3 is 9.84 Å². The van der Waals surface area contributed by atoms with Gasteiger partial charge in [0.1, 0.15) is 0 Å². The number of aryl methyl sites for hydroxylation is 2. The van der Waals surface area contributed by atoms with E-state index in [4.69, 9.17) is 16.1 Å². The van der Waals surface area contributed by atoms with Crippen LogP contribution in [0.15, 0.2) is 47.0 Å². The molecule has 3 rings (SSSR count). The lowest BCUT2D eigenvalue weighted by atomic mass is 10.1. The molecule has 0 aliphatic carbocycles. The molecular formula is C19H15ClF3N3O2. The molecule has 1 amide bonds. The number of halogens is 4. The molecule has 0 spiro atoms. The fourth-order valence-corrected chi connectivity index (χ4v) is 2.78. The molecule has 0 aliphatic heterocycles. The summed E-state index contributed by atoms with van der Waals surface area (Å²) in [6, 6.07) is 10.7. The summed E-state index contributed by atoms with van der Waals surface area (Å²) in [6.07, 6.45) is -4.47. The Hall–Kier alpha value is -2.87. The van der Waals surface area contributed by atoms with Gasteiger partial charge in [-0.3, -0.25) is 4.79 Å². The van der Waals surface area contributed by atoms with E-state index in [1.54, 1.807) is 0 Å². The molecule has 2 aromatic carbocycles. The second-order valence-electron chi connectivity index (χ2n) is 6.07. The molecule has 0 saturated carbocycles. The zero-order valence-electron chi connectivity index (χ0n) is 14.7. The fraction of sp³-hybridized carbons (Fsp3) is 0.211. The first-order valence-corrected chi connectivity index (χ1v) is 8.67. The number of rotatable bonds is 5. The van der Waals surface area contributed by atoms with Crippen molar-refractivity contribution in [1.82, 2.24) is 10.1 Å². The van der Waals surface area contributed by atoms with Crippen LogP contribution in [0, 0.1) is 6.92 Å². The average Bonchev–Trinajstić information content (AvgIpc) is 3.10. The lowest BCUT2D eigenvalue weighted by molar-refractivity contribution is -0.137. The van der Waals surface area contributed by atoms with Crippen LogP contribution >= 0.6 is 11.6 Å². The lowest BCUT2D eigenvalue weighted by Gasteiger charge is -2.11. The third-order valence-corrected chi connectivity index (χ3v) is 4.31. The fourth-order valence-electron chi connectivity index (χ4n) is 2.55. The molecule has 9 heteroatoms. The molecular weight excluding hydrogens is 395 g/mol. The molecule has 1 heterocycles. The van der Waals surface area contributed by atoms with Gasteiger partial charge in [-0.2, -0.15) is 18.2 Å². The van der Waals surface area contributed by atoms with Crippen molar-refractivity contribution in [3.05, 3.63) is 64.5 Å². The minimum atomic E-state index is -4.60. The molecule has 1 N–H and O–H groups in total. The number of anilines is 1. The van der Waals surface area contributed by atoms with Crippen molar-refractivity contribution in [2.75, 3.05) is 5.32 Å². The van der Waals surface area contributed by atoms with Gasteiger partial charge in [0.15, 0.2) is 0 Å². The summed E-state index contributed by atoms with van der Waals surface area (Å²) in [6.45, 7) is 1.92. The van der Waals surface area contributed by atoms with Crippen LogP contribution < -0.4 is 5.32 Å². The Morgan fingerprint density at radius 1 is 1.21 bits per heavy atom. The maximum Gasteiger partial charge on any atom is 0.417 e. The van der Waals surface area contributed by atoms with Gasteiger partial charge in [0.2, 0.25) is 17.6 Å². The number of amides is 1. The lowest BCUT2D eigenvalue weighted by Crippen LogP contribution is -2.14. The highest BCUT2D eigenvalue weighted by atomic mass is 35.5. The number of nitrogens with one attached hydrogen (secondary N) is 1. The van der Waals surface area contributed by atoms with E-state index in [2.05, 4.69) is 15.5 Å². The van der Waals surface area contributed by atoms with E-state index < -0.39 is 22.7 Å². The normalized spacial score (nSPS) is 11.5. The van der Waals surface area contributed by atoms with Gasteiger partial charge in [0, 0.05) is 24.1 Å². The third-order valence-electron chi connectivity index (χ3n) is 3.98. The molecule has 5 nitrogen and oxygen atoms in total. The predicted molar refractivity (Wildman–Crippen MR) is 97.9 cm³/mol. The van der Waals surface area contributed by atoms with Gasteiger partial charge in [-0.1, -0.05) is 41.0 Å². The van der Waals surface area contributed by atoms with Crippen LogP contribution in [0.5, 0.6) is 0 Å². The molecule has 1 aromatic heterocycles. The standard InChI is InChI=1S/C19H15ClF3N3O2/c1-11-4-2-3-5-13(11)18-25-17(28-26-18)9-8-16(27)24-12-6-7-15(20)14(10-12)19(21,22)23/h2-7,10H,8-9H2,1H3,(H,24,27). The number of benzene rings is 2. The van der Waals surface area contributed by atoms with Crippen LogP contribution in [0.4, 0.5) is 18.9 Å². The number of hydrogen-bond acceptors (Lipinski definition) is 4. The van der Waals surface area contributed by atoms with Crippen molar-refractivity contribution in [3.8, 4) is 11.4 Å². The summed E-state index contributed by atoms with van der Waals surface area (Å²) in [5.41, 5.74) is 0.804. The maximum atomic E-state index is 12.9. The molecule has 3 aromatic rings. The van der Waals surface area contributed by atoms with Crippen LogP contribution in [0.1, 0.15) is 23.4 Å². The summed E-state index contributed by atoms with van der Waals surface area (Å²) in [5, 5.41) is 5.88. The van der Waals surface area contributed by atoms with E-state index in [9.17, 15) is 18.0 Å². The highest BCUT2D eigenvalue weighted by molar-refractivity contribution is 6.31. The second-order valence-corrected chi connectivity index (χ2v) is 6.47. The largest absolute Gasteiger partial charge is 0.417 e. The van der Waals surface area contributed by atoms with Gasteiger partial charge in [0.25, 0.3) is 0 Å². The van der Waals surface area contributed by atoms with Crippen molar-refractivity contribution in [3.63, 3.8) is 0 Å². The summed E-state index contributed by atoms with van der Waals surface area (Å²) in [5.74, 6) is 0.201. The van der Waals surface area contributed by atoms with Crippen LogP contribution in [-0.4, -0.2) is 16.0 Å². The highest BCUT2D eigenvalue weighted by Crippen LogP contribution is 2.36. The number of aromatic nitrogens is 2. The summed E-state index contributed by atoms with van der Waals surface area (Å²) in [4.78, 5) is 16.3. The van der Waals surface area contributed by atoms with E-state index in [0.29, 0.717) is 5.82 Å². The molecule has 0 fully saturated rings. The van der Waals surface area contributed by atoms with Crippen LogP contribution in [-0.2, 0) is 17.4 Å². The van der Waals surface area contributed by atoms with Gasteiger partial charge in [-0.15, -0.1) is 0 Å². The Morgan fingerprint density at radius 2 is 1.96 bits per heavy atom. The third kappa shape index (κ3) is 4.69. The van der Waals surface area contributed by atoms with Gasteiger partial charge in [0.05, 0.1) is 10.6 Å². The molecule has 0 bridgehead atoms. The topological polar surface area (TPSA) is 68.0 Å². The Kier molecular flexibility index (Phi) is 5.69. The summed E-state index contributed by atoms with van der Waals surface area (Å²) in [7, 11) is 0. The predicted octanol–water partition coefficient (Wildman–Crippen LogP) is 5.29. The van der Waals surface area contributed by atoms with Crippen molar-refractivity contribution < 1.29 is 22.5 Å². The molecule has 0 radical (unpaired) electrons. The minimum Gasteiger partial charge on any atom is -0.339 e. The van der Waals surface area contributed by atoms with Crippen molar-refractivity contribution in [2.24, 2.45) is 0 Å². The molecule has 0 unspecified atom stereocenters. The van der Waals surface area contributed by atoms with Crippen molar-refractivity contribution >= 4 is 23.2 Å². The average molecular weight is 410 g/mol. The van der Waals surface area contributed by atoms with E-state index in [1.807, 2.05) is 31.2 Å². The molecule has 146 valence electrons.